The molecule has 0 amide bonds. The number of rotatable bonds is 4. The lowest BCUT2D eigenvalue weighted by molar-refractivity contribution is 0.597. The van der Waals surface area contributed by atoms with Crippen LogP contribution in [0.4, 0.5) is 5.69 Å². The van der Waals surface area contributed by atoms with Crippen molar-refractivity contribution in [1.82, 2.24) is 9.97 Å². The minimum Gasteiger partial charge on any atom is -0.332 e. The van der Waals surface area contributed by atoms with Gasteiger partial charge in [-0.2, -0.15) is 8.42 Å². The highest BCUT2D eigenvalue weighted by Crippen LogP contribution is 2.29. The molecule has 1 aromatic carbocycles. The Morgan fingerprint density at radius 1 is 1.29 bits per heavy atom. The van der Waals surface area contributed by atoms with Crippen molar-refractivity contribution in [3.63, 3.8) is 0 Å². The summed E-state index contributed by atoms with van der Waals surface area (Å²) in [7, 11) is -3.60. The van der Waals surface area contributed by atoms with Crippen molar-refractivity contribution in [2.24, 2.45) is 0 Å². The number of hydrogen-bond donors (Lipinski definition) is 2. The lowest BCUT2D eigenvalue weighted by Gasteiger charge is -2.19. The third-order valence-electron chi connectivity index (χ3n) is 3.87. The Hall–Kier alpha value is -1.82. The predicted octanol–water partition coefficient (Wildman–Crippen LogP) is 2.65. The highest BCUT2D eigenvalue weighted by atomic mass is 32.2. The average molecular weight is 305 g/mol. The lowest BCUT2D eigenvalue weighted by Crippen LogP contribution is -2.16. The number of fused-ring (bicyclic) bond motifs is 1. The normalized spacial score (nSPS) is 14.7. The maximum absolute atomic E-state index is 12.4. The molecule has 0 atom stereocenters. The van der Waals surface area contributed by atoms with Crippen LogP contribution in [-0.4, -0.2) is 18.4 Å². The Bertz CT molecular complexity index is 750. The number of anilines is 1. The van der Waals surface area contributed by atoms with Gasteiger partial charge < -0.3 is 4.98 Å². The first kappa shape index (κ1) is 14.1. The monoisotopic (exact) mass is 305 g/mol. The zero-order chi connectivity index (χ0) is 14.9. The standard InChI is InChI=1S/C15H19N3O2S/c1-2-14-16-10-15(17-14)21(19,20)18-13-9-5-7-11-6-3-4-8-12(11)13/h5,7,9-10,18H,2-4,6,8H2,1H3,(H,16,17). The van der Waals surface area contributed by atoms with Crippen LogP contribution in [0.15, 0.2) is 29.4 Å². The molecule has 1 aliphatic rings. The molecular weight excluding hydrogens is 286 g/mol. The van der Waals surface area contributed by atoms with Crippen LogP contribution in [0, 0.1) is 0 Å². The van der Waals surface area contributed by atoms with E-state index in [4.69, 9.17) is 0 Å². The molecule has 0 saturated heterocycles. The third-order valence-corrected chi connectivity index (χ3v) is 5.14. The predicted molar refractivity (Wildman–Crippen MR) is 81.9 cm³/mol. The zero-order valence-electron chi connectivity index (χ0n) is 12.0. The van der Waals surface area contributed by atoms with E-state index in [1.807, 2.05) is 19.1 Å². The molecule has 1 aromatic heterocycles. The second-order valence-electron chi connectivity index (χ2n) is 5.30. The van der Waals surface area contributed by atoms with Gasteiger partial charge in [-0.05, 0) is 42.9 Å². The number of aromatic amines is 1. The van der Waals surface area contributed by atoms with Gasteiger partial charge in [-0.1, -0.05) is 19.1 Å². The van der Waals surface area contributed by atoms with Gasteiger partial charge in [0.15, 0.2) is 5.03 Å². The minimum absolute atomic E-state index is 0.118. The summed E-state index contributed by atoms with van der Waals surface area (Å²) >= 11 is 0. The molecule has 1 aliphatic carbocycles. The molecule has 5 nitrogen and oxygen atoms in total. The number of nitrogens with zero attached hydrogens (tertiary/aromatic N) is 1. The maximum atomic E-state index is 12.4. The fourth-order valence-electron chi connectivity index (χ4n) is 2.74. The smallest absolute Gasteiger partial charge is 0.278 e. The van der Waals surface area contributed by atoms with Crippen LogP contribution in [0.25, 0.3) is 0 Å². The number of hydrogen-bond acceptors (Lipinski definition) is 3. The Kier molecular flexibility index (Phi) is 3.71. The number of sulfonamides is 1. The Labute approximate surface area is 124 Å². The zero-order valence-corrected chi connectivity index (χ0v) is 12.8. The van der Waals surface area contributed by atoms with E-state index < -0.39 is 10.0 Å². The van der Waals surface area contributed by atoms with E-state index >= 15 is 0 Å². The van der Waals surface area contributed by atoms with Crippen molar-refractivity contribution in [3.05, 3.63) is 41.3 Å². The van der Waals surface area contributed by atoms with Crippen LogP contribution >= 0.6 is 0 Å². The molecule has 1 heterocycles. The first-order valence-corrected chi connectivity index (χ1v) is 8.76. The molecule has 2 N–H and O–H groups in total. The summed E-state index contributed by atoms with van der Waals surface area (Å²) in [6.45, 7) is 1.93. The van der Waals surface area contributed by atoms with Gasteiger partial charge in [0, 0.05) is 6.42 Å². The van der Waals surface area contributed by atoms with Gasteiger partial charge >= 0.3 is 0 Å². The van der Waals surface area contributed by atoms with Gasteiger partial charge in [-0.25, -0.2) is 4.98 Å². The van der Waals surface area contributed by atoms with Gasteiger partial charge in [-0.3, -0.25) is 4.72 Å². The number of H-pyrrole nitrogens is 1. The van der Waals surface area contributed by atoms with Gasteiger partial charge in [0.1, 0.15) is 5.82 Å². The topological polar surface area (TPSA) is 74.8 Å². The molecule has 0 radical (unpaired) electrons. The van der Waals surface area contributed by atoms with E-state index in [1.165, 1.54) is 18.2 Å². The van der Waals surface area contributed by atoms with Gasteiger partial charge in [0.25, 0.3) is 10.0 Å². The molecule has 112 valence electrons. The molecule has 0 aliphatic heterocycles. The van der Waals surface area contributed by atoms with E-state index in [0.29, 0.717) is 17.9 Å². The molecule has 6 heteroatoms. The molecule has 21 heavy (non-hydrogen) atoms. The summed E-state index contributed by atoms with van der Waals surface area (Å²) in [4.78, 5) is 6.90. The first-order chi connectivity index (χ1) is 10.1. The largest absolute Gasteiger partial charge is 0.332 e. The van der Waals surface area contributed by atoms with Gasteiger partial charge in [0.05, 0.1) is 11.9 Å². The highest BCUT2D eigenvalue weighted by Gasteiger charge is 2.20. The first-order valence-electron chi connectivity index (χ1n) is 7.27. The van der Waals surface area contributed by atoms with Crippen LogP contribution in [0.2, 0.25) is 0 Å². The third kappa shape index (κ3) is 2.81. The van der Waals surface area contributed by atoms with Crippen LogP contribution in [-0.2, 0) is 29.3 Å². The molecule has 0 bridgehead atoms. The Balaban J connectivity index is 1.92. The van der Waals surface area contributed by atoms with E-state index in [0.717, 1.165) is 24.8 Å². The number of nitrogens with one attached hydrogen (secondary N) is 2. The van der Waals surface area contributed by atoms with Crippen LogP contribution in [0.3, 0.4) is 0 Å². The summed E-state index contributed by atoms with van der Waals surface area (Å²) in [5.41, 5.74) is 3.07. The second-order valence-corrected chi connectivity index (χ2v) is 6.95. The Morgan fingerprint density at radius 3 is 2.86 bits per heavy atom. The van der Waals surface area contributed by atoms with Crippen LogP contribution < -0.4 is 4.72 Å². The number of benzene rings is 1. The van der Waals surface area contributed by atoms with E-state index in [2.05, 4.69) is 20.8 Å². The van der Waals surface area contributed by atoms with E-state index in [-0.39, 0.29) is 5.03 Å². The lowest BCUT2D eigenvalue weighted by atomic mass is 9.91. The Morgan fingerprint density at radius 2 is 2.10 bits per heavy atom. The maximum Gasteiger partial charge on any atom is 0.278 e. The van der Waals surface area contributed by atoms with Crippen molar-refractivity contribution >= 4 is 15.7 Å². The van der Waals surface area contributed by atoms with E-state index in [1.54, 1.807) is 0 Å². The summed E-state index contributed by atoms with van der Waals surface area (Å²) in [6.07, 6.45) is 6.28. The SMILES string of the molecule is CCc1ncc(S(=O)(=O)Nc2cccc3c2CCCC3)[nH]1. The van der Waals surface area contributed by atoms with Crippen molar-refractivity contribution in [2.75, 3.05) is 4.72 Å². The van der Waals surface area contributed by atoms with E-state index in [9.17, 15) is 8.42 Å². The fourth-order valence-corrected chi connectivity index (χ4v) is 3.77. The number of aryl methyl sites for hydroxylation is 2. The van der Waals surface area contributed by atoms with Gasteiger partial charge in [-0.15, -0.1) is 0 Å². The quantitative estimate of drug-likeness (QED) is 0.912. The average Bonchev–Trinajstić information content (AvgIpc) is 2.97. The number of aromatic nitrogens is 2. The fraction of sp³-hybridized carbons (Fsp3) is 0.400. The minimum atomic E-state index is -3.60. The van der Waals surface area contributed by atoms with Crippen molar-refractivity contribution in [1.29, 1.82) is 0 Å². The summed E-state index contributed by atoms with van der Waals surface area (Å²) in [6, 6.07) is 5.82. The second kappa shape index (κ2) is 5.52. The van der Waals surface area contributed by atoms with Crippen molar-refractivity contribution in [2.45, 2.75) is 44.1 Å². The molecule has 0 unspecified atom stereocenters. The molecule has 3 rings (SSSR count). The summed E-state index contributed by atoms with van der Waals surface area (Å²) in [5, 5.41) is 0.118. The molecule has 2 aromatic rings. The van der Waals surface area contributed by atoms with Crippen LogP contribution in [0.5, 0.6) is 0 Å². The summed E-state index contributed by atoms with van der Waals surface area (Å²) in [5.74, 6) is 0.672. The molecular formula is C15H19N3O2S. The highest BCUT2D eigenvalue weighted by molar-refractivity contribution is 7.92. The molecule has 0 saturated carbocycles. The van der Waals surface area contributed by atoms with Crippen LogP contribution in [0.1, 0.15) is 36.7 Å². The van der Waals surface area contributed by atoms with Gasteiger partial charge in [0.2, 0.25) is 0 Å². The van der Waals surface area contributed by atoms with Crippen molar-refractivity contribution in [3.8, 4) is 0 Å². The molecule has 0 spiro atoms. The van der Waals surface area contributed by atoms with Crippen molar-refractivity contribution < 1.29 is 8.42 Å². The number of imidazole rings is 1. The summed E-state index contributed by atoms with van der Waals surface area (Å²) < 4.78 is 27.6. The molecule has 0 fully saturated rings.